The van der Waals surface area contributed by atoms with Crippen LogP contribution in [-0.2, 0) is 11.2 Å². The van der Waals surface area contributed by atoms with Crippen LogP contribution in [0.1, 0.15) is 35.3 Å². The molecule has 6 nitrogen and oxygen atoms in total. The summed E-state index contributed by atoms with van der Waals surface area (Å²) in [5, 5.41) is 4.78. The van der Waals surface area contributed by atoms with E-state index in [1.807, 2.05) is 56.3 Å². The first-order valence-electron chi connectivity index (χ1n) is 10.9. The molecule has 0 aromatic heterocycles. The van der Waals surface area contributed by atoms with Crippen LogP contribution in [0.25, 0.3) is 16.3 Å². The number of ketones is 1. The second-order valence-electron chi connectivity index (χ2n) is 8.90. The summed E-state index contributed by atoms with van der Waals surface area (Å²) in [7, 11) is 1.55. The molecule has 0 fully saturated rings. The number of fused-ring (bicyclic) bond motifs is 4. The highest BCUT2D eigenvalue weighted by Crippen LogP contribution is 2.43. The number of benzene rings is 3. The molecule has 0 saturated carbocycles. The molecule has 0 saturated heterocycles. The third-order valence-electron chi connectivity index (χ3n) is 6.01. The first kappa shape index (κ1) is 21.1. The van der Waals surface area contributed by atoms with E-state index in [4.69, 9.17) is 14.2 Å². The standard InChI is InChI=1S/C27H25NO5/c1-27(2)14-18-12-17(13-23(31-3)24(18)33-27)22(29)15-28-26(30)21-10-11-32-25-19-7-5-4-6-16(19)8-9-20(21)25/h4-10,12-13H,11,14-15H2,1-3H3,(H,28,30). The van der Waals surface area contributed by atoms with Crippen LogP contribution in [-0.4, -0.2) is 37.6 Å². The normalized spacial score (nSPS) is 15.5. The van der Waals surface area contributed by atoms with E-state index in [-0.39, 0.29) is 23.8 Å². The molecular weight excluding hydrogens is 418 g/mol. The number of carbonyl (C=O) groups excluding carboxylic acids is 2. The molecule has 33 heavy (non-hydrogen) atoms. The van der Waals surface area contributed by atoms with E-state index < -0.39 is 0 Å². The van der Waals surface area contributed by atoms with Crippen LogP contribution in [0.5, 0.6) is 17.2 Å². The first-order valence-corrected chi connectivity index (χ1v) is 10.9. The minimum Gasteiger partial charge on any atom is -0.493 e. The lowest BCUT2D eigenvalue weighted by Gasteiger charge is -2.20. The van der Waals surface area contributed by atoms with Gasteiger partial charge in [-0.25, -0.2) is 0 Å². The molecule has 3 aromatic carbocycles. The predicted molar refractivity (Wildman–Crippen MR) is 126 cm³/mol. The quantitative estimate of drug-likeness (QED) is 0.594. The van der Waals surface area contributed by atoms with E-state index in [1.54, 1.807) is 19.3 Å². The smallest absolute Gasteiger partial charge is 0.252 e. The van der Waals surface area contributed by atoms with Gasteiger partial charge in [-0.05, 0) is 43.5 Å². The van der Waals surface area contributed by atoms with Gasteiger partial charge in [-0.1, -0.05) is 30.3 Å². The zero-order chi connectivity index (χ0) is 23.2. The van der Waals surface area contributed by atoms with Crippen molar-refractivity contribution in [1.29, 1.82) is 0 Å². The van der Waals surface area contributed by atoms with Gasteiger partial charge in [-0.15, -0.1) is 0 Å². The van der Waals surface area contributed by atoms with Crippen molar-refractivity contribution in [3.8, 4) is 17.2 Å². The molecule has 0 aliphatic carbocycles. The van der Waals surface area contributed by atoms with Gasteiger partial charge in [-0.3, -0.25) is 9.59 Å². The van der Waals surface area contributed by atoms with E-state index in [0.29, 0.717) is 41.4 Å². The third kappa shape index (κ3) is 3.82. The number of Topliss-reactive ketones (excluding diaryl/α,β-unsaturated/α-hetero) is 1. The van der Waals surface area contributed by atoms with Gasteiger partial charge in [0.05, 0.1) is 13.7 Å². The number of methoxy groups -OCH3 is 1. The third-order valence-corrected chi connectivity index (χ3v) is 6.01. The average molecular weight is 443 g/mol. The molecule has 6 heteroatoms. The van der Waals surface area contributed by atoms with Gasteiger partial charge >= 0.3 is 0 Å². The minimum absolute atomic E-state index is 0.119. The van der Waals surface area contributed by atoms with Crippen LogP contribution in [0.4, 0.5) is 0 Å². The van der Waals surface area contributed by atoms with Crippen molar-refractivity contribution in [3.63, 3.8) is 0 Å². The highest BCUT2D eigenvalue weighted by atomic mass is 16.5. The van der Waals surface area contributed by atoms with Crippen molar-refractivity contribution in [2.75, 3.05) is 20.3 Å². The molecule has 1 amide bonds. The van der Waals surface area contributed by atoms with Crippen molar-refractivity contribution in [2.45, 2.75) is 25.9 Å². The lowest BCUT2D eigenvalue weighted by Crippen LogP contribution is -2.31. The van der Waals surface area contributed by atoms with Crippen LogP contribution in [0, 0.1) is 0 Å². The van der Waals surface area contributed by atoms with Gasteiger partial charge in [0.1, 0.15) is 18.0 Å². The summed E-state index contributed by atoms with van der Waals surface area (Å²) in [6.07, 6.45) is 2.43. The summed E-state index contributed by atoms with van der Waals surface area (Å²) < 4.78 is 17.3. The highest BCUT2D eigenvalue weighted by Gasteiger charge is 2.33. The van der Waals surface area contributed by atoms with Crippen molar-refractivity contribution >= 4 is 28.0 Å². The Hall–Kier alpha value is -3.80. The van der Waals surface area contributed by atoms with E-state index in [2.05, 4.69) is 5.32 Å². The number of hydrogen-bond donors (Lipinski definition) is 1. The van der Waals surface area contributed by atoms with E-state index in [1.165, 1.54) is 0 Å². The zero-order valence-corrected chi connectivity index (χ0v) is 18.9. The Balaban J connectivity index is 1.34. The first-order chi connectivity index (χ1) is 15.9. The molecule has 3 aromatic rings. The molecular formula is C27H25NO5. The number of nitrogens with one attached hydrogen (secondary N) is 1. The van der Waals surface area contributed by atoms with Crippen molar-refractivity contribution in [3.05, 3.63) is 71.3 Å². The second kappa shape index (κ2) is 7.96. The largest absolute Gasteiger partial charge is 0.493 e. The van der Waals surface area contributed by atoms with E-state index in [0.717, 1.165) is 21.9 Å². The summed E-state index contributed by atoms with van der Waals surface area (Å²) in [5.74, 6) is 1.40. The van der Waals surface area contributed by atoms with Gasteiger partial charge in [0.15, 0.2) is 17.3 Å². The molecule has 168 valence electrons. The molecule has 5 rings (SSSR count). The van der Waals surface area contributed by atoms with Gasteiger partial charge in [-0.2, -0.15) is 0 Å². The number of rotatable bonds is 5. The molecule has 2 aliphatic rings. The predicted octanol–water partition coefficient (Wildman–Crippen LogP) is 4.34. The maximum Gasteiger partial charge on any atom is 0.252 e. The van der Waals surface area contributed by atoms with E-state index in [9.17, 15) is 9.59 Å². The lowest BCUT2D eigenvalue weighted by atomic mass is 9.97. The lowest BCUT2D eigenvalue weighted by molar-refractivity contribution is -0.115. The van der Waals surface area contributed by atoms with Gasteiger partial charge < -0.3 is 19.5 Å². The summed E-state index contributed by atoms with van der Waals surface area (Å²) in [5.41, 5.74) is 2.31. The Kier molecular flexibility index (Phi) is 5.08. The summed E-state index contributed by atoms with van der Waals surface area (Å²) in [6.45, 7) is 4.18. The van der Waals surface area contributed by atoms with Crippen LogP contribution in [0.3, 0.4) is 0 Å². The van der Waals surface area contributed by atoms with E-state index >= 15 is 0 Å². The molecule has 0 bridgehead atoms. The van der Waals surface area contributed by atoms with Crippen LogP contribution >= 0.6 is 0 Å². The molecule has 1 N–H and O–H groups in total. The SMILES string of the molecule is COc1cc(C(=O)CNC(=O)C2=CCOc3c2ccc2ccccc32)cc2c1OC(C)(C)C2. The zero-order valence-electron chi connectivity index (χ0n) is 18.9. The Morgan fingerprint density at radius 3 is 2.73 bits per heavy atom. The van der Waals surface area contributed by atoms with Crippen LogP contribution < -0.4 is 19.5 Å². The number of ether oxygens (including phenoxy) is 3. The summed E-state index contributed by atoms with van der Waals surface area (Å²) in [6, 6.07) is 15.2. The molecule has 0 spiro atoms. The number of amides is 1. The fourth-order valence-electron chi connectivity index (χ4n) is 4.49. The van der Waals surface area contributed by atoms with Gasteiger partial charge in [0.25, 0.3) is 5.91 Å². The Labute approximate surface area is 192 Å². The highest BCUT2D eigenvalue weighted by molar-refractivity contribution is 6.22. The maximum atomic E-state index is 13.0. The maximum absolute atomic E-state index is 13.0. The summed E-state index contributed by atoms with van der Waals surface area (Å²) >= 11 is 0. The summed E-state index contributed by atoms with van der Waals surface area (Å²) in [4.78, 5) is 25.9. The van der Waals surface area contributed by atoms with Crippen molar-refractivity contribution in [2.24, 2.45) is 0 Å². The molecule has 2 heterocycles. The van der Waals surface area contributed by atoms with Gasteiger partial charge in [0, 0.05) is 34.1 Å². The number of carbonyl (C=O) groups is 2. The second-order valence-corrected chi connectivity index (χ2v) is 8.90. The average Bonchev–Trinajstić information content (AvgIpc) is 3.14. The fraction of sp³-hybridized carbons (Fsp3) is 0.259. The minimum atomic E-state index is -0.349. The molecule has 0 atom stereocenters. The Morgan fingerprint density at radius 2 is 1.91 bits per heavy atom. The van der Waals surface area contributed by atoms with Crippen molar-refractivity contribution in [1.82, 2.24) is 5.32 Å². The fourth-order valence-corrected chi connectivity index (χ4v) is 4.49. The molecule has 0 unspecified atom stereocenters. The number of hydrogen-bond acceptors (Lipinski definition) is 5. The molecule has 0 radical (unpaired) electrons. The van der Waals surface area contributed by atoms with Crippen LogP contribution in [0.2, 0.25) is 0 Å². The Morgan fingerprint density at radius 1 is 1.09 bits per heavy atom. The molecule has 2 aliphatic heterocycles. The topological polar surface area (TPSA) is 73.9 Å². The monoisotopic (exact) mass is 443 g/mol. The Bertz CT molecular complexity index is 1320. The van der Waals surface area contributed by atoms with Crippen molar-refractivity contribution < 1.29 is 23.8 Å². The van der Waals surface area contributed by atoms with Crippen LogP contribution in [0.15, 0.2) is 54.6 Å². The van der Waals surface area contributed by atoms with Gasteiger partial charge in [0.2, 0.25) is 0 Å².